The molecule has 0 bridgehead atoms. The number of benzene rings is 2. The van der Waals surface area contributed by atoms with Crippen LogP contribution in [0.25, 0.3) is 0 Å². The molecule has 2 N–H and O–H groups in total. The Labute approximate surface area is 370 Å². The topological polar surface area (TPSA) is 139 Å². The van der Waals surface area contributed by atoms with Crippen LogP contribution in [0.3, 0.4) is 0 Å². The van der Waals surface area contributed by atoms with Gasteiger partial charge in [0.15, 0.2) is 0 Å². The predicted molar refractivity (Wildman–Crippen MR) is 247 cm³/mol. The summed E-state index contributed by atoms with van der Waals surface area (Å²) in [5, 5.41) is 5.97. The number of aromatic nitrogens is 2. The van der Waals surface area contributed by atoms with E-state index in [2.05, 4.69) is 77.7 Å². The van der Waals surface area contributed by atoms with Crippen molar-refractivity contribution < 1.29 is 23.9 Å². The molecular weight excluding hydrogens is 797 g/mol. The second kappa shape index (κ2) is 17.6. The number of fused-ring (bicyclic) bond motifs is 2. The third kappa shape index (κ3) is 9.34. The van der Waals surface area contributed by atoms with Gasteiger partial charge in [-0.2, -0.15) is 0 Å². The first kappa shape index (κ1) is 42.2. The van der Waals surface area contributed by atoms with Crippen molar-refractivity contribution in [2.45, 2.75) is 72.4 Å². The van der Waals surface area contributed by atoms with E-state index in [1.54, 1.807) is 9.80 Å². The average molecular weight is 857 g/mol. The Morgan fingerprint density at radius 1 is 0.810 bits per heavy atom. The molecule has 9 rings (SSSR count). The van der Waals surface area contributed by atoms with Crippen molar-refractivity contribution in [2.75, 3.05) is 102 Å². The summed E-state index contributed by atoms with van der Waals surface area (Å²) >= 11 is 0. The minimum atomic E-state index is -0.606. The van der Waals surface area contributed by atoms with Crippen LogP contribution in [0, 0.1) is 19.8 Å². The highest BCUT2D eigenvalue weighted by molar-refractivity contribution is 6.06. The standard InChI is InChI=1S/C48H60N10O5/c1-32-26-39(10-11-40(32)57-19-15-43(59)52-46(57)60)55-22-20-53(21-23-55)30-34-12-16-54(17-13-34)38-8-6-37(7-9-38)51-42-27-36-31-56(18-14-35(36)28-49-42)41-29-50-45-44(33(41)2)58(24-25-62-45)47(61)63-48(3,4)5/h6-11,26-29,34H,12-25,30-31H2,1-5H3,(H,49,51)(H,52,59,60). The third-order valence-corrected chi connectivity index (χ3v) is 13.0. The molecule has 0 unspecified atom stereocenters. The third-order valence-electron chi connectivity index (χ3n) is 13.0. The first-order valence-corrected chi connectivity index (χ1v) is 22.5. The molecule has 332 valence electrons. The highest BCUT2D eigenvalue weighted by Crippen LogP contribution is 2.40. The maximum absolute atomic E-state index is 13.2. The van der Waals surface area contributed by atoms with E-state index in [4.69, 9.17) is 14.5 Å². The van der Waals surface area contributed by atoms with Crippen molar-refractivity contribution in [3.8, 4) is 5.88 Å². The first-order valence-electron chi connectivity index (χ1n) is 22.5. The molecule has 0 saturated carbocycles. The van der Waals surface area contributed by atoms with Crippen molar-refractivity contribution in [1.82, 2.24) is 20.2 Å². The molecule has 3 fully saturated rings. The predicted octanol–water partition coefficient (Wildman–Crippen LogP) is 7.02. The van der Waals surface area contributed by atoms with E-state index < -0.39 is 5.60 Å². The summed E-state index contributed by atoms with van der Waals surface area (Å²) in [7, 11) is 0. The molecule has 4 aromatic rings. The maximum Gasteiger partial charge on any atom is 0.415 e. The number of pyridine rings is 2. The number of amides is 4. The molecule has 5 aliphatic rings. The number of carbonyl (C=O) groups excluding carboxylic acids is 3. The number of anilines is 7. The van der Waals surface area contributed by atoms with Crippen molar-refractivity contribution in [1.29, 1.82) is 0 Å². The van der Waals surface area contributed by atoms with Gasteiger partial charge >= 0.3 is 12.1 Å². The number of nitrogens with one attached hydrogen (secondary N) is 2. The summed E-state index contributed by atoms with van der Waals surface area (Å²) in [5.74, 6) is 1.75. The Kier molecular flexibility index (Phi) is 11.8. The van der Waals surface area contributed by atoms with Gasteiger partial charge in [-0.25, -0.2) is 19.6 Å². The van der Waals surface area contributed by atoms with Crippen LogP contribution in [0.4, 0.5) is 49.5 Å². The molecular formula is C48H60N10O5. The van der Waals surface area contributed by atoms with Crippen LogP contribution >= 0.6 is 0 Å². The Bertz CT molecular complexity index is 2350. The van der Waals surface area contributed by atoms with Gasteiger partial charge in [0, 0.05) is 106 Å². The van der Waals surface area contributed by atoms with E-state index in [1.807, 2.05) is 53.1 Å². The lowest BCUT2D eigenvalue weighted by Crippen LogP contribution is -2.50. The molecule has 15 nitrogen and oxygen atoms in total. The molecule has 0 radical (unpaired) electrons. The van der Waals surface area contributed by atoms with Gasteiger partial charge in [0.25, 0.3) is 0 Å². The Morgan fingerprint density at radius 2 is 1.56 bits per heavy atom. The fourth-order valence-electron chi connectivity index (χ4n) is 9.62. The van der Waals surface area contributed by atoms with Gasteiger partial charge in [0.1, 0.15) is 23.7 Å². The average Bonchev–Trinajstić information content (AvgIpc) is 3.27. The number of piperidine rings is 1. The SMILES string of the molecule is Cc1cc(N2CCN(CC3CCN(c4ccc(Nc5cc6c(cn5)CCN(c5cnc7c(c5C)N(C(=O)OC(C)(C)C)CCO7)C6)cc4)CC3)CC2)ccc1N1CCC(=O)NC1=O. The number of rotatable bonds is 8. The number of urea groups is 1. The van der Waals surface area contributed by atoms with Gasteiger partial charge in [-0.1, -0.05) is 0 Å². The molecule has 5 aliphatic heterocycles. The van der Waals surface area contributed by atoms with E-state index in [0.717, 1.165) is 92.8 Å². The number of piperazine rings is 1. The smallest absolute Gasteiger partial charge is 0.415 e. The highest BCUT2D eigenvalue weighted by atomic mass is 16.6. The Hall–Kier alpha value is -6.09. The van der Waals surface area contributed by atoms with Crippen LogP contribution in [0.5, 0.6) is 5.88 Å². The summed E-state index contributed by atoms with van der Waals surface area (Å²) in [4.78, 5) is 59.9. The minimum Gasteiger partial charge on any atom is -0.474 e. The minimum absolute atomic E-state index is 0.214. The Morgan fingerprint density at radius 3 is 2.29 bits per heavy atom. The van der Waals surface area contributed by atoms with Crippen LogP contribution in [0.2, 0.25) is 0 Å². The number of ether oxygens (including phenoxy) is 2. The molecule has 2 aromatic heterocycles. The highest BCUT2D eigenvalue weighted by Gasteiger charge is 2.33. The first-order chi connectivity index (χ1) is 30.3. The van der Waals surface area contributed by atoms with Crippen LogP contribution in [-0.4, -0.2) is 111 Å². The zero-order chi connectivity index (χ0) is 43.8. The zero-order valence-electron chi connectivity index (χ0n) is 37.3. The lowest BCUT2D eigenvalue weighted by molar-refractivity contribution is -0.120. The number of aryl methyl sites for hydroxylation is 1. The van der Waals surface area contributed by atoms with E-state index in [-0.39, 0.29) is 18.0 Å². The molecule has 2 aromatic carbocycles. The van der Waals surface area contributed by atoms with Crippen LogP contribution < -0.4 is 39.9 Å². The quantitative estimate of drug-likeness (QED) is 0.188. The summed E-state index contributed by atoms with van der Waals surface area (Å²) in [6, 6.07) is 16.8. The lowest BCUT2D eigenvalue weighted by Gasteiger charge is -2.40. The molecule has 4 amide bonds. The Balaban J connectivity index is 0.750. The summed E-state index contributed by atoms with van der Waals surface area (Å²) < 4.78 is 11.6. The van der Waals surface area contributed by atoms with Gasteiger partial charge in [-0.3, -0.25) is 24.8 Å². The largest absolute Gasteiger partial charge is 0.474 e. The van der Waals surface area contributed by atoms with E-state index in [0.29, 0.717) is 50.1 Å². The zero-order valence-corrected chi connectivity index (χ0v) is 37.3. The normalized spacial score (nSPS) is 18.7. The van der Waals surface area contributed by atoms with Gasteiger partial charge in [-0.05, 0) is 125 Å². The van der Waals surface area contributed by atoms with Crippen molar-refractivity contribution in [3.63, 3.8) is 0 Å². The van der Waals surface area contributed by atoms with Crippen LogP contribution in [0.1, 0.15) is 62.3 Å². The maximum atomic E-state index is 13.2. The summed E-state index contributed by atoms with van der Waals surface area (Å²) in [5.41, 5.74) is 9.80. The number of nitrogens with zero attached hydrogens (tertiary/aromatic N) is 8. The van der Waals surface area contributed by atoms with Gasteiger partial charge in [0.2, 0.25) is 11.8 Å². The molecule has 15 heteroatoms. The second-order valence-electron chi connectivity index (χ2n) is 18.5. The van der Waals surface area contributed by atoms with Crippen molar-refractivity contribution in [3.05, 3.63) is 83.2 Å². The number of hydrogen-bond acceptors (Lipinski definition) is 12. The molecule has 0 atom stereocenters. The van der Waals surface area contributed by atoms with E-state index in [9.17, 15) is 14.4 Å². The van der Waals surface area contributed by atoms with Crippen molar-refractivity contribution in [2.24, 2.45) is 5.92 Å². The molecule has 3 saturated heterocycles. The molecule has 7 heterocycles. The lowest BCUT2D eigenvalue weighted by atomic mass is 9.95. The van der Waals surface area contributed by atoms with Crippen LogP contribution in [-0.2, 0) is 22.5 Å². The second-order valence-corrected chi connectivity index (χ2v) is 18.5. The van der Waals surface area contributed by atoms with Gasteiger partial charge < -0.3 is 29.5 Å². The molecule has 63 heavy (non-hydrogen) atoms. The fraction of sp³-hybridized carbons (Fsp3) is 0.479. The van der Waals surface area contributed by atoms with E-state index in [1.165, 1.54) is 35.3 Å². The number of carbonyl (C=O) groups is 3. The molecule has 0 aliphatic carbocycles. The fourth-order valence-corrected chi connectivity index (χ4v) is 9.62. The van der Waals surface area contributed by atoms with Gasteiger partial charge in [0.05, 0.1) is 18.4 Å². The van der Waals surface area contributed by atoms with Crippen LogP contribution in [0.15, 0.2) is 60.9 Å². The number of imide groups is 1. The summed E-state index contributed by atoms with van der Waals surface area (Å²) in [6.07, 6.45) is 7.02. The van der Waals surface area contributed by atoms with Gasteiger partial charge in [-0.15, -0.1) is 0 Å². The van der Waals surface area contributed by atoms with Crippen molar-refractivity contribution >= 4 is 58.0 Å². The summed E-state index contributed by atoms with van der Waals surface area (Å²) in [6.45, 7) is 19.7. The van der Waals surface area contributed by atoms with E-state index >= 15 is 0 Å². The number of hydrogen-bond donors (Lipinski definition) is 2. The molecule has 0 spiro atoms. The monoisotopic (exact) mass is 856 g/mol.